The maximum absolute atomic E-state index is 11.5. The van der Waals surface area contributed by atoms with Crippen molar-refractivity contribution in [3.8, 4) is 0 Å². The van der Waals surface area contributed by atoms with Crippen molar-refractivity contribution in [2.24, 2.45) is 5.73 Å². The minimum Gasteiger partial charge on any atom is -0.374 e. The number of nitrogens with one attached hydrogen (secondary N) is 2. The van der Waals surface area contributed by atoms with Gasteiger partial charge in [0.2, 0.25) is 5.91 Å². The van der Waals surface area contributed by atoms with Crippen LogP contribution >= 0.6 is 22.6 Å². The highest BCUT2D eigenvalue weighted by molar-refractivity contribution is 14.1. The number of anilines is 1. The molecule has 4 N–H and O–H groups in total. The van der Waals surface area contributed by atoms with Crippen LogP contribution in [0.2, 0.25) is 0 Å². The molecule has 1 rings (SSSR count). The molecule has 92 valence electrons. The van der Waals surface area contributed by atoms with Gasteiger partial charge in [-0.2, -0.15) is 0 Å². The molecular formula is C11H14IN3O2. The number of rotatable bonds is 3. The molecule has 1 aromatic rings. The van der Waals surface area contributed by atoms with Gasteiger partial charge in [0.15, 0.2) is 0 Å². The lowest BCUT2D eigenvalue weighted by atomic mass is 10.2. The van der Waals surface area contributed by atoms with Gasteiger partial charge in [0, 0.05) is 9.26 Å². The summed E-state index contributed by atoms with van der Waals surface area (Å²) < 4.78 is 1.11. The second kappa shape index (κ2) is 5.85. The predicted molar refractivity (Wildman–Crippen MR) is 74.7 cm³/mol. The van der Waals surface area contributed by atoms with Gasteiger partial charge in [0.25, 0.3) is 0 Å². The fraction of sp³-hybridized carbons (Fsp3) is 0.273. The van der Waals surface area contributed by atoms with Crippen molar-refractivity contribution < 1.29 is 9.59 Å². The molecule has 0 saturated carbocycles. The molecule has 5 nitrogen and oxygen atoms in total. The Hall–Kier alpha value is -1.31. The summed E-state index contributed by atoms with van der Waals surface area (Å²) in [5, 5.41) is 5.06. The summed E-state index contributed by atoms with van der Waals surface area (Å²) >= 11 is 2.22. The van der Waals surface area contributed by atoms with Crippen molar-refractivity contribution in [2.45, 2.75) is 19.9 Å². The van der Waals surface area contributed by atoms with Gasteiger partial charge in [0.1, 0.15) is 6.04 Å². The maximum atomic E-state index is 11.5. The summed E-state index contributed by atoms with van der Waals surface area (Å²) in [5.41, 5.74) is 6.81. The van der Waals surface area contributed by atoms with E-state index < -0.39 is 18.0 Å². The molecule has 0 fully saturated rings. The normalized spacial score (nSPS) is 11.7. The zero-order valence-corrected chi connectivity index (χ0v) is 11.7. The van der Waals surface area contributed by atoms with E-state index in [-0.39, 0.29) is 0 Å². The molecule has 0 aromatic heterocycles. The maximum Gasteiger partial charge on any atom is 0.318 e. The average molecular weight is 347 g/mol. The minimum absolute atomic E-state index is 0.448. The molecule has 0 radical (unpaired) electrons. The van der Waals surface area contributed by atoms with Crippen molar-refractivity contribution in [3.63, 3.8) is 0 Å². The molecule has 1 atom stereocenters. The highest BCUT2D eigenvalue weighted by atomic mass is 127. The van der Waals surface area contributed by atoms with Gasteiger partial charge in [-0.15, -0.1) is 0 Å². The number of benzene rings is 1. The first-order valence-electron chi connectivity index (χ1n) is 5.03. The van der Waals surface area contributed by atoms with E-state index in [1.165, 1.54) is 0 Å². The zero-order valence-electron chi connectivity index (χ0n) is 9.58. The molecule has 0 aliphatic heterocycles. The number of halogens is 1. The first-order valence-corrected chi connectivity index (χ1v) is 6.11. The topological polar surface area (TPSA) is 84.2 Å². The Bertz CT molecular complexity index is 448. The van der Waals surface area contributed by atoms with Crippen LogP contribution in [-0.2, 0) is 4.79 Å². The van der Waals surface area contributed by atoms with Crippen LogP contribution < -0.4 is 16.4 Å². The molecule has 0 spiro atoms. The van der Waals surface area contributed by atoms with E-state index in [0.717, 1.165) is 14.8 Å². The summed E-state index contributed by atoms with van der Waals surface area (Å²) in [7, 11) is 0. The van der Waals surface area contributed by atoms with E-state index >= 15 is 0 Å². The summed E-state index contributed by atoms with van der Waals surface area (Å²) in [4.78, 5) is 22.0. The lowest BCUT2D eigenvalue weighted by molar-refractivity contribution is -0.120. The fourth-order valence-corrected chi connectivity index (χ4v) is 1.79. The van der Waals surface area contributed by atoms with E-state index in [1.54, 1.807) is 6.92 Å². The Morgan fingerprint density at radius 1 is 1.41 bits per heavy atom. The van der Waals surface area contributed by atoms with Gasteiger partial charge < -0.3 is 11.1 Å². The van der Waals surface area contributed by atoms with Crippen LogP contribution in [0.4, 0.5) is 10.5 Å². The molecule has 0 saturated heterocycles. The van der Waals surface area contributed by atoms with Crippen LogP contribution in [0.15, 0.2) is 18.2 Å². The number of nitrogens with two attached hydrogens (primary N) is 1. The monoisotopic (exact) mass is 347 g/mol. The third-order valence-corrected chi connectivity index (χ3v) is 3.45. The number of amides is 3. The van der Waals surface area contributed by atoms with Gasteiger partial charge in [-0.3, -0.25) is 10.1 Å². The molecule has 1 aromatic carbocycles. The molecule has 0 bridgehead atoms. The third-order valence-electron chi connectivity index (χ3n) is 2.28. The second-order valence-electron chi connectivity index (χ2n) is 3.63. The second-order valence-corrected chi connectivity index (χ2v) is 4.79. The Labute approximate surface area is 113 Å². The van der Waals surface area contributed by atoms with E-state index in [4.69, 9.17) is 5.73 Å². The average Bonchev–Trinajstić information content (AvgIpc) is 2.23. The molecule has 1 unspecified atom stereocenters. The minimum atomic E-state index is -0.844. The third kappa shape index (κ3) is 3.88. The van der Waals surface area contributed by atoms with Crippen molar-refractivity contribution >= 4 is 40.2 Å². The number of carbonyl (C=O) groups is 2. The Balaban J connectivity index is 2.74. The number of primary amides is 1. The summed E-state index contributed by atoms with van der Waals surface area (Å²) in [6.45, 7) is 3.63. The van der Waals surface area contributed by atoms with Crippen molar-refractivity contribution in [3.05, 3.63) is 27.3 Å². The number of urea groups is 1. The first kappa shape index (κ1) is 13.8. The summed E-state index contributed by atoms with van der Waals surface area (Å²) in [5.74, 6) is -0.448. The number of hydrogen-bond acceptors (Lipinski definition) is 3. The summed E-state index contributed by atoms with van der Waals surface area (Å²) in [6.07, 6.45) is 0. The van der Waals surface area contributed by atoms with Crippen LogP contribution in [0.3, 0.4) is 0 Å². The van der Waals surface area contributed by atoms with E-state index in [2.05, 4.69) is 27.9 Å². The van der Waals surface area contributed by atoms with E-state index in [0.29, 0.717) is 0 Å². The highest BCUT2D eigenvalue weighted by Crippen LogP contribution is 2.20. The Morgan fingerprint density at radius 3 is 2.65 bits per heavy atom. The van der Waals surface area contributed by atoms with Crippen molar-refractivity contribution in [2.75, 3.05) is 5.32 Å². The first-order chi connectivity index (χ1) is 7.91. The Kier molecular flexibility index (Phi) is 4.73. The molecule has 0 aliphatic carbocycles. The van der Waals surface area contributed by atoms with Gasteiger partial charge in [-0.25, -0.2) is 4.79 Å². The van der Waals surface area contributed by atoms with E-state index in [1.807, 2.05) is 30.4 Å². The van der Waals surface area contributed by atoms with Crippen LogP contribution in [0.1, 0.15) is 12.5 Å². The molecule has 3 amide bonds. The van der Waals surface area contributed by atoms with E-state index in [9.17, 15) is 9.59 Å². The van der Waals surface area contributed by atoms with Crippen molar-refractivity contribution in [1.82, 2.24) is 5.32 Å². The fourth-order valence-electron chi connectivity index (χ4n) is 1.29. The molecule has 0 aliphatic rings. The molecule has 0 heterocycles. The van der Waals surface area contributed by atoms with Crippen LogP contribution in [-0.4, -0.2) is 18.0 Å². The lowest BCUT2D eigenvalue weighted by Crippen LogP contribution is -2.43. The molecule has 6 heteroatoms. The SMILES string of the molecule is Cc1c(I)cccc1NC(C)C(=O)NC(N)=O. The smallest absolute Gasteiger partial charge is 0.318 e. The van der Waals surface area contributed by atoms with Gasteiger partial charge in [-0.1, -0.05) is 6.07 Å². The van der Waals surface area contributed by atoms with Gasteiger partial charge in [0.05, 0.1) is 0 Å². The molecule has 17 heavy (non-hydrogen) atoms. The largest absolute Gasteiger partial charge is 0.374 e. The quantitative estimate of drug-likeness (QED) is 0.726. The van der Waals surface area contributed by atoms with Crippen molar-refractivity contribution in [1.29, 1.82) is 0 Å². The number of hydrogen-bond donors (Lipinski definition) is 3. The van der Waals surface area contributed by atoms with Crippen LogP contribution in [0, 0.1) is 10.5 Å². The number of imide groups is 1. The Morgan fingerprint density at radius 2 is 2.06 bits per heavy atom. The van der Waals surface area contributed by atoms with Crippen LogP contribution in [0.25, 0.3) is 0 Å². The molecular weight excluding hydrogens is 333 g/mol. The lowest BCUT2D eigenvalue weighted by Gasteiger charge is -2.16. The zero-order chi connectivity index (χ0) is 13.0. The standard InChI is InChI=1S/C11H14IN3O2/c1-6-8(12)4-3-5-9(6)14-7(2)10(16)15-11(13)17/h3-5,7,14H,1-2H3,(H3,13,15,16,17). The summed E-state index contributed by atoms with van der Waals surface area (Å²) in [6, 6.07) is 4.39. The van der Waals surface area contributed by atoms with Gasteiger partial charge in [-0.05, 0) is 54.1 Å². The van der Waals surface area contributed by atoms with Gasteiger partial charge >= 0.3 is 6.03 Å². The highest BCUT2D eigenvalue weighted by Gasteiger charge is 2.15. The number of carbonyl (C=O) groups excluding carboxylic acids is 2. The van der Waals surface area contributed by atoms with Crippen LogP contribution in [0.5, 0.6) is 0 Å². The predicted octanol–water partition coefficient (Wildman–Crippen LogP) is 1.59.